The zero-order valence-corrected chi connectivity index (χ0v) is 18.0. The van der Waals surface area contributed by atoms with Crippen molar-refractivity contribution in [3.05, 3.63) is 53.6 Å². The lowest BCUT2D eigenvalue weighted by Crippen LogP contribution is -2.28. The smallest absolute Gasteiger partial charge is 0.307 e. The van der Waals surface area contributed by atoms with Crippen molar-refractivity contribution in [3.8, 4) is 5.75 Å². The molecule has 0 aromatic heterocycles. The van der Waals surface area contributed by atoms with Crippen LogP contribution in [0.3, 0.4) is 0 Å². The van der Waals surface area contributed by atoms with Crippen LogP contribution in [-0.2, 0) is 24.3 Å². The van der Waals surface area contributed by atoms with Crippen LogP contribution in [-0.4, -0.2) is 40.1 Å². The Balaban J connectivity index is 1.75. The standard InChI is InChI=1S/C21H26N2O6S/c1-4-28-17-6-8-18(9-7-17)30(26,27)22-12-11-21(25)29-14-20(24)23-19-10-5-15(2)13-16(19)3/h5-10,13,22H,4,11-12,14H2,1-3H3,(H,23,24). The van der Waals surface area contributed by atoms with Crippen LogP contribution in [0.1, 0.15) is 24.5 Å². The van der Waals surface area contributed by atoms with Crippen molar-refractivity contribution in [1.29, 1.82) is 0 Å². The lowest BCUT2D eigenvalue weighted by Gasteiger charge is -2.10. The molecule has 0 saturated heterocycles. The Hall–Kier alpha value is -2.91. The lowest BCUT2D eigenvalue weighted by molar-refractivity contribution is -0.147. The highest BCUT2D eigenvalue weighted by molar-refractivity contribution is 7.89. The summed E-state index contributed by atoms with van der Waals surface area (Å²) < 4.78 is 37.0. The number of ether oxygens (including phenoxy) is 2. The number of rotatable bonds is 10. The van der Waals surface area contributed by atoms with E-state index in [0.717, 1.165) is 11.1 Å². The quantitative estimate of drug-likeness (QED) is 0.556. The molecule has 0 heterocycles. The van der Waals surface area contributed by atoms with E-state index in [1.54, 1.807) is 18.2 Å². The number of carbonyl (C=O) groups is 2. The number of hydrogen-bond acceptors (Lipinski definition) is 6. The van der Waals surface area contributed by atoms with Crippen molar-refractivity contribution in [2.24, 2.45) is 0 Å². The fraction of sp³-hybridized carbons (Fsp3) is 0.333. The summed E-state index contributed by atoms with van der Waals surface area (Å²) in [6, 6.07) is 11.5. The molecule has 0 fully saturated rings. The zero-order chi connectivity index (χ0) is 22.1. The molecule has 0 saturated carbocycles. The second-order valence-electron chi connectivity index (χ2n) is 6.58. The summed E-state index contributed by atoms with van der Waals surface area (Å²) in [6.07, 6.45) is -0.201. The van der Waals surface area contributed by atoms with E-state index >= 15 is 0 Å². The van der Waals surface area contributed by atoms with Gasteiger partial charge >= 0.3 is 5.97 Å². The van der Waals surface area contributed by atoms with Crippen LogP contribution in [0.5, 0.6) is 5.75 Å². The molecule has 2 rings (SSSR count). The number of esters is 1. The normalized spacial score (nSPS) is 11.0. The molecule has 0 unspecified atom stereocenters. The van der Waals surface area contributed by atoms with Crippen LogP contribution in [0.25, 0.3) is 0 Å². The van der Waals surface area contributed by atoms with Gasteiger partial charge in [0, 0.05) is 12.2 Å². The van der Waals surface area contributed by atoms with Crippen molar-refractivity contribution in [2.75, 3.05) is 25.1 Å². The van der Waals surface area contributed by atoms with E-state index in [1.165, 1.54) is 12.1 Å². The molecule has 8 nitrogen and oxygen atoms in total. The van der Waals surface area contributed by atoms with Gasteiger partial charge in [-0.3, -0.25) is 9.59 Å². The number of hydrogen-bond donors (Lipinski definition) is 2. The van der Waals surface area contributed by atoms with E-state index in [1.807, 2.05) is 32.9 Å². The first-order valence-corrected chi connectivity index (χ1v) is 10.9. The molecule has 30 heavy (non-hydrogen) atoms. The second-order valence-corrected chi connectivity index (χ2v) is 8.35. The molecule has 162 valence electrons. The van der Waals surface area contributed by atoms with Gasteiger partial charge in [-0.25, -0.2) is 13.1 Å². The van der Waals surface area contributed by atoms with Crippen LogP contribution in [0.4, 0.5) is 5.69 Å². The Kier molecular flexibility index (Phi) is 8.37. The third kappa shape index (κ3) is 7.16. The molecule has 1 amide bonds. The highest BCUT2D eigenvalue weighted by Gasteiger charge is 2.15. The van der Waals surface area contributed by atoms with Gasteiger partial charge in [0.15, 0.2) is 6.61 Å². The monoisotopic (exact) mass is 434 g/mol. The highest BCUT2D eigenvalue weighted by atomic mass is 32.2. The second kappa shape index (κ2) is 10.7. The number of sulfonamides is 1. The summed E-state index contributed by atoms with van der Waals surface area (Å²) in [7, 11) is -3.76. The molecule has 0 aliphatic heterocycles. The first kappa shape index (κ1) is 23.4. The molecular formula is C21H26N2O6S. The molecule has 0 bridgehead atoms. The maximum absolute atomic E-state index is 12.2. The van der Waals surface area contributed by atoms with Gasteiger partial charge < -0.3 is 14.8 Å². The summed E-state index contributed by atoms with van der Waals surface area (Å²) in [5.41, 5.74) is 2.62. The van der Waals surface area contributed by atoms with E-state index < -0.39 is 28.5 Å². The summed E-state index contributed by atoms with van der Waals surface area (Å²) in [6.45, 7) is 5.54. The number of nitrogens with one attached hydrogen (secondary N) is 2. The average molecular weight is 435 g/mol. The molecule has 2 N–H and O–H groups in total. The van der Waals surface area contributed by atoms with Crippen LogP contribution in [0.15, 0.2) is 47.4 Å². The largest absolute Gasteiger partial charge is 0.494 e. The summed E-state index contributed by atoms with van der Waals surface area (Å²) in [4.78, 5) is 23.8. The molecular weight excluding hydrogens is 408 g/mol. The van der Waals surface area contributed by atoms with Gasteiger partial charge in [-0.2, -0.15) is 0 Å². The van der Waals surface area contributed by atoms with Gasteiger partial charge in [0.05, 0.1) is 17.9 Å². The predicted octanol–water partition coefficient (Wildman–Crippen LogP) is 2.55. The highest BCUT2D eigenvalue weighted by Crippen LogP contribution is 2.16. The molecule has 0 atom stereocenters. The number of anilines is 1. The number of amides is 1. The summed E-state index contributed by atoms with van der Waals surface area (Å²) in [5, 5.41) is 2.67. The molecule has 0 aliphatic rings. The Bertz CT molecular complexity index is 987. The topological polar surface area (TPSA) is 111 Å². The molecule has 0 radical (unpaired) electrons. The van der Waals surface area contributed by atoms with Crippen molar-refractivity contribution in [1.82, 2.24) is 4.72 Å². The van der Waals surface area contributed by atoms with Gasteiger partial charge in [-0.1, -0.05) is 17.7 Å². The van der Waals surface area contributed by atoms with Crippen molar-refractivity contribution in [2.45, 2.75) is 32.1 Å². The summed E-state index contributed by atoms with van der Waals surface area (Å²) in [5.74, 6) is -0.579. The van der Waals surface area contributed by atoms with Gasteiger partial charge in [0.25, 0.3) is 5.91 Å². The van der Waals surface area contributed by atoms with E-state index in [0.29, 0.717) is 18.0 Å². The lowest BCUT2D eigenvalue weighted by atomic mass is 10.1. The minimum absolute atomic E-state index is 0.0622. The average Bonchev–Trinajstić information content (AvgIpc) is 2.69. The van der Waals surface area contributed by atoms with Crippen molar-refractivity contribution >= 4 is 27.6 Å². The Morgan fingerprint density at radius 1 is 1.03 bits per heavy atom. The molecule has 0 aliphatic carbocycles. The van der Waals surface area contributed by atoms with E-state index in [9.17, 15) is 18.0 Å². The maximum atomic E-state index is 12.2. The minimum atomic E-state index is -3.76. The Morgan fingerprint density at radius 3 is 2.37 bits per heavy atom. The molecule has 2 aromatic rings. The first-order chi connectivity index (χ1) is 14.2. The third-order valence-corrected chi connectivity index (χ3v) is 5.56. The Morgan fingerprint density at radius 2 is 1.73 bits per heavy atom. The van der Waals surface area contributed by atoms with E-state index in [4.69, 9.17) is 9.47 Å². The maximum Gasteiger partial charge on any atom is 0.307 e. The fourth-order valence-electron chi connectivity index (χ4n) is 2.61. The molecule has 9 heteroatoms. The number of aryl methyl sites for hydroxylation is 2. The van der Waals surface area contributed by atoms with Crippen LogP contribution in [0, 0.1) is 13.8 Å². The SMILES string of the molecule is CCOc1ccc(S(=O)(=O)NCCC(=O)OCC(=O)Nc2ccc(C)cc2C)cc1. The zero-order valence-electron chi connectivity index (χ0n) is 17.2. The van der Waals surface area contributed by atoms with Gasteiger partial charge in [-0.05, 0) is 56.7 Å². The summed E-state index contributed by atoms with van der Waals surface area (Å²) >= 11 is 0. The number of carbonyl (C=O) groups excluding carboxylic acids is 2. The van der Waals surface area contributed by atoms with Gasteiger partial charge in [0.1, 0.15) is 5.75 Å². The fourth-order valence-corrected chi connectivity index (χ4v) is 3.64. The first-order valence-electron chi connectivity index (χ1n) is 9.46. The molecule has 0 spiro atoms. The van der Waals surface area contributed by atoms with Crippen LogP contribution < -0.4 is 14.8 Å². The minimum Gasteiger partial charge on any atom is -0.494 e. The molecule has 2 aromatic carbocycles. The van der Waals surface area contributed by atoms with Crippen molar-refractivity contribution in [3.63, 3.8) is 0 Å². The van der Waals surface area contributed by atoms with Gasteiger partial charge in [-0.15, -0.1) is 0 Å². The van der Waals surface area contributed by atoms with E-state index in [-0.39, 0.29) is 17.9 Å². The van der Waals surface area contributed by atoms with E-state index in [2.05, 4.69) is 10.0 Å². The predicted molar refractivity (Wildman–Crippen MR) is 113 cm³/mol. The van der Waals surface area contributed by atoms with Crippen LogP contribution in [0.2, 0.25) is 0 Å². The third-order valence-electron chi connectivity index (χ3n) is 4.09. The Labute approximate surface area is 176 Å². The van der Waals surface area contributed by atoms with Crippen molar-refractivity contribution < 1.29 is 27.5 Å². The van der Waals surface area contributed by atoms with Gasteiger partial charge in [0.2, 0.25) is 10.0 Å². The van der Waals surface area contributed by atoms with Crippen LogP contribution >= 0.6 is 0 Å². The number of benzene rings is 2.